The summed E-state index contributed by atoms with van der Waals surface area (Å²) in [6, 6.07) is 0. The number of hydrogen-bond donors (Lipinski definition) is 2. The quantitative estimate of drug-likeness (QED) is 0.809. The van der Waals surface area contributed by atoms with Crippen LogP contribution in [0.2, 0.25) is 0 Å². The number of halogens is 1. The van der Waals surface area contributed by atoms with E-state index in [0.29, 0.717) is 0 Å². The van der Waals surface area contributed by atoms with Crippen LogP contribution in [0.4, 0.5) is 4.39 Å². The van der Waals surface area contributed by atoms with Crippen molar-refractivity contribution in [1.82, 2.24) is 9.29 Å². The molecule has 7 nitrogen and oxygen atoms in total. The highest BCUT2D eigenvalue weighted by Gasteiger charge is 2.39. The summed E-state index contributed by atoms with van der Waals surface area (Å²) in [4.78, 5) is 10.2. The van der Waals surface area contributed by atoms with E-state index in [1.165, 1.54) is 7.05 Å². The van der Waals surface area contributed by atoms with Gasteiger partial charge >= 0.3 is 5.97 Å². The molecule has 0 aromatic carbocycles. The van der Waals surface area contributed by atoms with Gasteiger partial charge in [-0.05, 0) is 6.92 Å². The van der Waals surface area contributed by atoms with Gasteiger partial charge < -0.3 is 14.4 Å². The standard InChI is InChI=1S/C10H13FN2O5S/c1-10(4-18-5-10)12-19(16,17)6-3-13(2)8(7(6)11)9(14)15/h3,12H,4-5H2,1-2H3,(H,14,15). The van der Waals surface area contributed by atoms with Crippen LogP contribution in [0.3, 0.4) is 0 Å². The lowest BCUT2D eigenvalue weighted by Gasteiger charge is -2.38. The van der Waals surface area contributed by atoms with Gasteiger partial charge in [-0.25, -0.2) is 22.3 Å². The van der Waals surface area contributed by atoms with Crippen molar-refractivity contribution < 1.29 is 27.4 Å². The molecule has 0 amide bonds. The summed E-state index contributed by atoms with van der Waals surface area (Å²) in [6.07, 6.45) is 0.935. The fraction of sp³-hybridized carbons (Fsp3) is 0.500. The fourth-order valence-corrected chi connectivity index (χ4v) is 3.35. The second-order valence-electron chi connectivity index (χ2n) is 4.73. The van der Waals surface area contributed by atoms with E-state index in [-0.39, 0.29) is 13.2 Å². The molecule has 2 heterocycles. The summed E-state index contributed by atoms with van der Waals surface area (Å²) in [5.74, 6) is -2.80. The Labute approximate surface area is 109 Å². The van der Waals surface area contributed by atoms with Crippen LogP contribution in [-0.4, -0.2) is 42.8 Å². The number of carbonyl (C=O) groups is 1. The first-order valence-electron chi connectivity index (χ1n) is 5.36. The van der Waals surface area contributed by atoms with Crippen molar-refractivity contribution in [3.63, 3.8) is 0 Å². The summed E-state index contributed by atoms with van der Waals surface area (Å²) < 4.78 is 46.1. The minimum absolute atomic E-state index is 0.187. The molecule has 2 rings (SSSR count). The number of aromatic carboxylic acids is 1. The number of nitrogens with one attached hydrogen (secondary N) is 1. The third-order valence-electron chi connectivity index (χ3n) is 2.80. The molecule has 0 spiro atoms. The Balaban J connectivity index is 2.41. The molecule has 9 heteroatoms. The molecule has 1 fully saturated rings. The van der Waals surface area contributed by atoms with Crippen LogP contribution >= 0.6 is 0 Å². The molecule has 19 heavy (non-hydrogen) atoms. The number of carboxylic acid groups (broad SMARTS) is 1. The van der Waals surface area contributed by atoms with Gasteiger partial charge in [-0.2, -0.15) is 0 Å². The van der Waals surface area contributed by atoms with Crippen molar-refractivity contribution in [3.8, 4) is 0 Å². The number of carboxylic acids is 1. The molecule has 0 atom stereocenters. The number of aromatic nitrogens is 1. The Morgan fingerprint density at radius 1 is 1.58 bits per heavy atom. The Hall–Kier alpha value is -1.45. The third kappa shape index (κ3) is 2.36. The van der Waals surface area contributed by atoms with E-state index in [2.05, 4.69) is 4.72 Å². The number of hydrogen-bond acceptors (Lipinski definition) is 4. The molecule has 1 aromatic heterocycles. The van der Waals surface area contributed by atoms with Gasteiger partial charge in [0, 0.05) is 13.2 Å². The highest BCUT2D eigenvalue weighted by molar-refractivity contribution is 7.89. The first-order valence-corrected chi connectivity index (χ1v) is 6.84. The van der Waals surface area contributed by atoms with Crippen molar-refractivity contribution >= 4 is 16.0 Å². The zero-order chi connectivity index (χ0) is 14.4. The lowest BCUT2D eigenvalue weighted by molar-refractivity contribution is -0.0523. The maximum atomic E-state index is 13.9. The van der Waals surface area contributed by atoms with Gasteiger partial charge in [0.25, 0.3) is 0 Å². The Bertz CT molecular complexity index is 633. The average molecular weight is 292 g/mol. The summed E-state index contributed by atoms with van der Waals surface area (Å²) in [5.41, 5.74) is -1.49. The summed E-state index contributed by atoms with van der Waals surface area (Å²) in [6.45, 7) is 1.99. The van der Waals surface area contributed by atoms with Crippen molar-refractivity contribution in [2.45, 2.75) is 17.4 Å². The van der Waals surface area contributed by atoms with Crippen LogP contribution < -0.4 is 4.72 Å². The lowest BCUT2D eigenvalue weighted by Crippen LogP contribution is -2.59. The van der Waals surface area contributed by atoms with Crippen molar-refractivity contribution in [2.75, 3.05) is 13.2 Å². The van der Waals surface area contributed by atoms with E-state index >= 15 is 0 Å². The molecule has 106 valence electrons. The zero-order valence-corrected chi connectivity index (χ0v) is 11.1. The largest absolute Gasteiger partial charge is 0.476 e. The molecular formula is C10H13FN2O5S. The van der Waals surface area contributed by atoms with Gasteiger partial charge in [0.2, 0.25) is 10.0 Å². The number of nitrogens with zero attached hydrogens (tertiary/aromatic N) is 1. The third-order valence-corrected chi connectivity index (χ3v) is 4.43. The van der Waals surface area contributed by atoms with Gasteiger partial charge in [0.1, 0.15) is 4.90 Å². The second-order valence-corrected chi connectivity index (χ2v) is 6.38. The molecular weight excluding hydrogens is 279 g/mol. The second kappa shape index (κ2) is 4.29. The van der Waals surface area contributed by atoms with Gasteiger partial charge in [-0.15, -0.1) is 0 Å². The zero-order valence-electron chi connectivity index (χ0n) is 10.3. The Kier molecular flexibility index (Phi) is 3.15. The minimum atomic E-state index is -4.13. The molecule has 1 aromatic rings. The van der Waals surface area contributed by atoms with E-state index in [9.17, 15) is 17.6 Å². The highest BCUT2D eigenvalue weighted by Crippen LogP contribution is 2.24. The van der Waals surface area contributed by atoms with Crippen LogP contribution in [0.1, 0.15) is 17.4 Å². The summed E-state index contributed by atoms with van der Waals surface area (Å²) in [5, 5.41) is 8.82. The SMILES string of the molecule is Cn1cc(S(=O)(=O)NC2(C)COC2)c(F)c1C(=O)O. The average Bonchev–Trinajstić information content (AvgIpc) is 2.52. The monoisotopic (exact) mass is 292 g/mol. The van der Waals surface area contributed by atoms with E-state index in [4.69, 9.17) is 9.84 Å². The normalized spacial score (nSPS) is 18.1. The van der Waals surface area contributed by atoms with Crippen molar-refractivity contribution in [1.29, 1.82) is 0 Å². The van der Waals surface area contributed by atoms with Gasteiger partial charge in [0.15, 0.2) is 11.5 Å². The maximum Gasteiger partial charge on any atom is 0.355 e. The van der Waals surface area contributed by atoms with E-state index in [0.717, 1.165) is 10.8 Å². The van der Waals surface area contributed by atoms with Crippen LogP contribution in [0.5, 0.6) is 0 Å². The molecule has 0 radical (unpaired) electrons. The minimum Gasteiger partial charge on any atom is -0.476 e. The first-order chi connectivity index (χ1) is 8.66. The maximum absolute atomic E-state index is 13.9. The van der Waals surface area contributed by atoms with Crippen LogP contribution in [-0.2, 0) is 21.8 Å². The Morgan fingerprint density at radius 3 is 2.53 bits per heavy atom. The van der Waals surface area contributed by atoms with Crippen LogP contribution in [0, 0.1) is 5.82 Å². The fourth-order valence-electron chi connectivity index (χ4n) is 1.85. The molecule has 0 unspecified atom stereocenters. The molecule has 1 saturated heterocycles. The molecule has 0 saturated carbocycles. The van der Waals surface area contributed by atoms with E-state index < -0.39 is 37.9 Å². The molecule has 1 aliphatic heterocycles. The van der Waals surface area contributed by atoms with Crippen LogP contribution in [0.25, 0.3) is 0 Å². The van der Waals surface area contributed by atoms with Gasteiger partial charge in [-0.3, -0.25) is 0 Å². The van der Waals surface area contributed by atoms with E-state index in [1.54, 1.807) is 6.92 Å². The predicted octanol–water partition coefficient (Wildman–Crippen LogP) is -0.0704. The first kappa shape index (κ1) is 14.0. The smallest absolute Gasteiger partial charge is 0.355 e. The molecule has 1 aliphatic rings. The molecule has 0 bridgehead atoms. The molecule has 0 aliphatic carbocycles. The number of sulfonamides is 1. The summed E-state index contributed by atoms with van der Waals surface area (Å²) in [7, 11) is -2.87. The van der Waals surface area contributed by atoms with Crippen LogP contribution in [0.15, 0.2) is 11.1 Å². The van der Waals surface area contributed by atoms with E-state index in [1.807, 2.05) is 0 Å². The Morgan fingerprint density at radius 2 is 2.16 bits per heavy atom. The number of rotatable bonds is 4. The summed E-state index contributed by atoms with van der Waals surface area (Å²) >= 11 is 0. The number of aryl methyl sites for hydroxylation is 1. The number of ether oxygens (including phenoxy) is 1. The lowest BCUT2D eigenvalue weighted by atomic mass is 10.0. The predicted molar refractivity (Wildman–Crippen MR) is 61.9 cm³/mol. The highest BCUT2D eigenvalue weighted by atomic mass is 32.2. The van der Waals surface area contributed by atoms with Gasteiger partial charge in [0.05, 0.1) is 18.8 Å². The molecule has 2 N–H and O–H groups in total. The topological polar surface area (TPSA) is 97.6 Å². The van der Waals surface area contributed by atoms with Gasteiger partial charge in [-0.1, -0.05) is 0 Å². The van der Waals surface area contributed by atoms with Crippen molar-refractivity contribution in [3.05, 3.63) is 17.7 Å². The van der Waals surface area contributed by atoms with Crippen molar-refractivity contribution in [2.24, 2.45) is 7.05 Å².